The Kier molecular flexibility index (Phi) is 2.42. The summed E-state index contributed by atoms with van der Waals surface area (Å²) in [7, 11) is 0. The molecule has 0 atom stereocenters. The van der Waals surface area contributed by atoms with Crippen molar-refractivity contribution in [2.45, 2.75) is 12.8 Å². The van der Waals surface area contributed by atoms with E-state index in [2.05, 4.69) is 5.16 Å². The Hall–Kier alpha value is -1.09. The maximum atomic E-state index is 13.4. The van der Waals surface area contributed by atoms with Gasteiger partial charge in [-0.1, -0.05) is 16.8 Å². The van der Waals surface area contributed by atoms with Crippen LogP contribution in [0.5, 0.6) is 0 Å². The minimum atomic E-state index is -0.433. The molecule has 0 spiro atoms. The molecule has 0 bridgehead atoms. The van der Waals surface area contributed by atoms with E-state index in [0.29, 0.717) is 16.3 Å². The molecule has 1 aliphatic rings. The Morgan fingerprint density at radius 1 is 1.50 bits per heavy atom. The predicted molar refractivity (Wildman–Crippen MR) is 52.5 cm³/mol. The van der Waals surface area contributed by atoms with E-state index in [1.54, 1.807) is 12.1 Å². The van der Waals surface area contributed by atoms with Gasteiger partial charge in [0.05, 0.1) is 5.71 Å². The lowest BCUT2D eigenvalue weighted by Gasteiger charge is -2.04. The molecule has 0 aliphatic heterocycles. The average Bonchev–Trinajstić information content (AvgIpc) is 2.93. The molecule has 0 heterocycles. The van der Waals surface area contributed by atoms with E-state index in [-0.39, 0.29) is 5.92 Å². The van der Waals surface area contributed by atoms with Crippen molar-refractivity contribution >= 4 is 17.3 Å². The molecule has 0 saturated heterocycles. The van der Waals surface area contributed by atoms with Gasteiger partial charge in [-0.05, 0) is 31.0 Å². The topological polar surface area (TPSA) is 32.6 Å². The van der Waals surface area contributed by atoms with Crippen LogP contribution in [0.25, 0.3) is 0 Å². The minimum absolute atomic E-state index is 0.204. The molecule has 0 unspecified atom stereocenters. The zero-order valence-electron chi connectivity index (χ0n) is 7.37. The standard InChI is InChI=1S/C10H9ClFNO/c11-7-3-4-8(9(12)5-7)10(13-14)6-1-2-6/h3-6,14H,1-2H2/b13-10+. The third kappa shape index (κ3) is 1.73. The zero-order chi connectivity index (χ0) is 10.1. The van der Waals surface area contributed by atoms with Crippen LogP contribution >= 0.6 is 11.6 Å². The lowest BCUT2D eigenvalue weighted by molar-refractivity contribution is 0.317. The van der Waals surface area contributed by atoms with Gasteiger partial charge >= 0.3 is 0 Å². The third-order valence-corrected chi connectivity index (χ3v) is 2.51. The summed E-state index contributed by atoms with van der Waals surface area (Å²) in [6.45, 7) is 0. The van der Waals surface area contributed by atoms with E-state index >= 15 is 0 Å². The number of hydrogen-bond donors (Lipinski definition) is 1. The molecule has 1 aromatic carbocycles. The molecule has 0 aromatic heterocycles. The van der Waals surface area contributed by atoms with E-state index in [4.69, 9.17) is 16.8 Å². The smallest absolute Gasteiger partial charge is 0.133 e. The van der Waals surface area contributed by atoms with Gasteiger partial charge in [-0.2, -0.15) is 0 Å². The Balaban J connectivity index is 2.39. The quantitative estimate of drug-likeness (QED) is 0.457. The van der Waals surface area contributed by atoms with Crippen LogP contribution < -0.4 is 0 Å². The molecule has 1 N–H and O–H groups in total. The number of benzene rings is 1. The Morgan fingerprint density at radius 3 is 2.71 bits per heavy atom. The highest BCUT2D eigenvalue weighted by atomic mass is 35.5. The number of oxime groups is 1. The molecular weight excluding hydrogens is 205 g/mol. The number of hydrogen-bond acceptors (Lipinski definition) is 2. The van der Waals surface area contributed by atoms with Crippen molar-refractivity contribution in [2.24, 2.45) is 11.1 Å². The first kappa shape index (κ1) is 9.46. The van der Waals surface area contributed by atoms with E-state index in [1.165, 1.54) is 6.07 Å². The first-order valence-corrected chi connectivity index (χ1v) is 4.77. The van der Waals surface area contributed by atoms with Gasteiger partial charge in [0.25, 0.3) is 0 Å². The molecule has 0 amide bonds. The number of nitrogens with zero attached hydrogens (tertiary/aromatic N) is 1. The molecule has 1 aliphatic carbocycles. The molecule has 1 saturated carbocycles. The lowest BCUT2D eigenvalue weighted by Crippen LogP contribution is -2.06. The molecule has 74 valence electrons. The number of rotatable bonds is 2. The van der Waals surface area contributed by atoms with Gasteiger partial charge in [-0.25, -0.2) is 4.39 Å². The largest absolute Gasteiger partial charge is 0.411 e. The van der Waals surface area contributed by atoms with Crippen LogP contribution in [0.15, 0.2) is 23.4 Å². The van der Waals surface area contributed by atoms with Crippen LogP contribution in [0.2, 0.25) is 5.02 Å². The summed E-state index contributed by atoms with van der Waals surface area (Å²) in [6, 6.07) is 4.36. The minimum Gasteiger partial charge on any atom is -0.411 e. The summed E-state index contributed by atoms with van der Waals surface area (Å²) < 4.78 is 13.4. The van der Waals surface area contributed by atoms with Crippen LogP contribution in [0.3, 0.4) is 0 Å². The zero-order valence-corrected chi connectivity index (χ0v) is 8.13. The van der Waals surface area contributed by atoms with E-state index < -0.39 is 5.82 Å². The summed E-state index contributed by atoms with van der Waals surface area (Å²) >= 11 is 5.62. The maximum absolute atomic E-state index is 13.4. The summed E-state index contributed by atoms with van der Waals surface area (Å²) in [5.41, 5.74) is 0.776. The van der Waals surface area contributed by atoms with Crippen LogP contribution in [-0.4, -0.2) is 10.9 Å². The van der Waals surface area contributed by atoms with Gasteiger partial charge in [0.2, 0.25) is 0 Å². The van der Waals surface area contributed by atoms with Gasteiger partial charge in [0.15, 0.2) is 0 Å². The monoisotopic (exact) mass is 213 g/mol. The van der Waals surface area contributed by atoms with Crippen molar-refractivity contribution < 1.29 is 9.60 Å². The van der Waals surface area contributed by atoms with Crippen LogP contribution in [0.1, 0.15) is 18.4 Å². The predicted octanol–water partition coefficient (Wildman–Crippen LogP) is 3.07. The van der Waals surface area contributed by atoms with Crippen molar-refractivity contribution in [3.8, 4) is 0 Å². The fourth-order valence-corrected chi connectivity index (χ4v) is 1.57. The second kappa shape index (κ2) is 3.58. The highest BCUT2D eigenvalue weighted by molar-refractivity contribution is 6.30. The fourth-order valence-electron chi connectivity index (χ4n) is 1.41. The molecule has 1 aromatic rings. The first-order valence-electron chi connectivity index (χ1n) is 4.39. The Labute approximate surface area is 86.0 Å². The van der Waals surface area contributed by atoms with Gasteiger partial charge in [0, 0.05) is 16.5 Å². The summed E-state index contributed by atoms with van der Waals surface area (Å²) in [5.74, 6) is -0.229. The third-order valence-electron chi connectivity index (χ3n) is 2.28. The fraction of sp³-hybridized carbons (Fsp3) is 0.300. The lowest BCUT2D eigenvalue weighted by atomic mass is 10.1. The van der Waals surface area contributed by atoms with Crippen molar-refractivity contribution in [3.63, 3.8) is 0 Å². The Morgan fingerprint density at radius 2 is 2.21 bits per heavy atom. The van der Waals surface area contributed by atoms with Crippen molar-refractivity contribution in [2.75, 3.05) is 0 Å². The van der Waals surface area contributed by atoms with Crippen LogP contribution in [0.4, 0.5) is 4.39 Å². The molecule has 1 fully saturated rings. The SMILES string of the molecule is O/N=C(/c1ccc(Cl)cc1F)C1CC1. The second-order valence-electron chi connectivity index (χ2n) is 3.38. The molecule has 14 heavy (non-hydrogen) atoms. The highest BCUT2D eigenvalue weighted by Gasteiger charge is 2.30. The van der Waals surface area contributed by atoms with Crippen LogP contribution in [-0.2, 0) is 0 Å². The van der Waals surface area contributed by atoms with E-state index in [1.807, 2.05) is 0 Å². The first-order chi connectivity index (χ1) is 6.72. The van der Waals surface area contributed by atoms with Gasteiger partial charge in [0.1, 0.15) is 5.82 Å². The number of halogens is 2. The average molecular weight is 214 g/mol. The summed E-state index contributed by atoms with van der Waals surface area (Å²) in [4.78, 5) is 0. The van der Waals surface area contributed by atoms with Gasteiger partial charge < -0.3 is 5.21 Å². The molecule has 2 nitrogen and oxygen atoms in total. The van der Waals surface area contributed by atoms with Gasteiger partial charge in [-0.15, -0.1) is 0 Å². The molecule has 2 rings (SSSR count). The molecule has 4 heteroatoms. The van der Waals surface area contributed by atoms with Crippen LogP contribution in [0, 0.1) is 11.7 Å². The molecular formula is C10H9ClFNO. The summed E-state index contributed by atoms with van der Waals surface area (Å²) in [6.07, 6.45) is 1.92. The van der Waals surface area contributed by atoms with Crippen molar-refractivity contribution in [1.29, 1.82) is 0 Å². The maximum Gasteiger partial charge on any atom is 0.133 e. The van der Waals surface area contributed by atoms with E-state index in [9.17, 15) is 4.39 Å². The molecule has 0 radical (unpaired) electrons. The van der Waals surface area contributed by atoms with Gasteiger partial charge in [-0.3, -0.25) is 0 Å². The summed E-state index contributed by atoms with van der Waals surface area (Å²) in [5, 5.41) is 12.3. The Bertz CT molecular complexity index is 388. The van der Waals surface area contributed by atoms with Crippen molar-refractivity contribution in [1.82, 2.24) is 0 Å². The highest BCUT2D eigenvalue weighted by Crippen LogP contribution is 2.34. The normalized spacial score (nSPS) is 17.1. The van der Waals surface area contributed by atoms with E-state index in [0.717, 1.165) is 12.8 Å². The van der Waals surface area contributed by atoms with Crippen molar-refractivity contribution in [3.05, 3.63) is 34.6 Å². The second-order valence-corrected chi connectivity index (χ2v) is 3.82.